The Morgan fingerprint density at radius 2 is 2.41 bits per heavy atom. The van der Waals surface area contributed by atoms with E-state index in [2.05, 4.69) is 20.5 Å². The minimum Gasteiger partial charge on any atom is -0.389 e. The molecule has 2 aromatic heterocycles. The van der Waals surface area contributed by atoms with Crippen LogP contribution in [0.5, 0.6) is 0 Å². The second kappa shape index (κ2) is 4.88. The molecule has 2 rings (SSSR count). The van der Waals surface area contributed by atoms with Gasteiger partial charge >= 0.3 is 0 Å². The third-order valence-electron chi connectivity index (χ3n) is 2.28. The van der Waals surface area contributed by atoms with Gasteiger partial charge in [0.15, 0.2) is 5.82 Å². The second-order valence-electron chi connectivity index (χ2n) is 3.51. The van der Waals surface area contributed by atoms with Crippen molar-refractivity contribution in [3.8, 4) is 0 Å². The quantitative estimate of drug-likeness (QED) is 0.765. The van der Waals surface area contributed by atoms with Gasteiger partial charge in [0.1, 0.15) is 17.1 Å². The van der Waals surface area contributed by atoms with Gasteiger partial charge in [0.05, 0.1) is 6.54 Å². The Bertz CT molecular complexity index is 535. The number of pyridine rings is 1. The fourth-order valence-electron chi connectivity index (χ4n) is 1.32. The van der Waals surface area contributed by atoms with Crippen LogP contribution < -0.4 is 11.1 Å². The molecule has 2 heterocycles. The Balaban J connectivity index is 2.07. The Morgan fingerprint density at radius 1 is 1.59 bits per heavy atom. The Labute approximate surface area is 104 Å². The molecule has 2 aromatic rings. The van der Waals surface area contributed by atoms with Crippen LogP contribution in [0.3, 0.4) is 0 Å². The zero-order valence-electron chi connectivity index (χ0n) is 9.29. The van der Waals surface area contributed by atoms with Crippen LogP contribution in [-0.4, -0.2) is 24.7 Å². The van der Waals surface area contributed by atoms with Crippen molar-refractivity contribution >= 4 is 23.0 Å². The van der Waals surface area contributed by atoms with E-state index >= 15 is 0 Å². The number of hydrogen-bond acceptors (Lipinski definition) is 5. The molecule has 17 heavy (non-hydrogen) atoms. The first-order valence-electron chi connectivity index (χ1n) is 4.99. The van der Waals surface area contributed by atoms with Gasteiger partial charge < -0.3 is 15.6 Å². The lowest BCUT2D eigenvalue weighted by molar-refractivity contribution is 0.810. The Morgan fingerprint density at radius 3 is 3.06 bits per heavy atom. The summed E-state index contributed by atoms with van der Waals surface area (Å²) in [5.41, 5.74) is 6.33. The number of anilines is 1. The van der Waals surface area contributed by atoms with Gasteiger partial charge in [0.2, 0.25) is 0 Å². The molecule has 88 valence electrons. The van der Waals surface area contributed by atoms with E-state index in [1.807, 2.05) is 11.6 Å². The van der Waals surface area contributed by atoms with Crippen molar-refractivity contribution in [1.29, 1.82) is 0 Å². The summed E-state index contributed by atoms with van der Waals surface area (Å²) in [5, 5.41) is 10.9. The van der Waals surface area contributed by atoms with Crippen LogP contribution in [0.2, 0.25) is 0 Å². The normalized spacial score (nSPS) is 10.2. The Kier molecular flexibility index (Phi) is 3.29. The van der Waals surface area contributed by atoms with E-state index in [1.165, 1.54) is 0 Å². The number of aryl methyl sites for hydroxylation is 1. The van der Waals surface area contributed by atoms with Crippen molar-refractivity contribution in [3.05, 3.63) is 36.0 Å². The minimum atomic E-state index is 0.356. The van der Waals surface area contributed by atoms with Crippen molar-refractivity contribution < 1.29 is 0 Å². The van der Waals surface area contributed by atoms with E-state index in [-0.39, 0.29) is 0 Å². The SMILES string of the molecule is Cn1cnnc1CNc1cc(C(N)=S)ccn1. The summed E-state index contributed by atoms with van der Waals surface area (Å²) in [5.74, 6) is 1.53. The number of nitrogens with two attached hydrogens (primary N) is 1. The molecule has 0 unspecified atom stereocenters. The zero-order valence-corrected chi connectivity index (χ0v) is 10.1. The van der Waals surface area contributed by atoms with E-state index in [1.54, 1.807) is 24.7 Å². The van der Waals surface area contributed by atoms with E-state index in [0.717, 1.165) is 11.4 Å². The molecule has 0 aliphatic carbocycles. The van der Waals surface area contributed by atoms with Gasteiger partial charge in [-0.05, 0) is 12.1 Å². The molecule has 0 atom stereocenters. The van der Waals surface area contributed by atoms with Crippen LogP contribution in [0.15, 0.2) is 24.7 Å². The van der Waals surface area contributed by atoms with Crippen molar-refractivity contribution in [2.45, 2.75) is 6.54 Å². The first-order chi connectivity index (χ1) is 8.16. The number of nitrogens with one attached hydrogen (secondary N) is 1. The molecule has 7 heteroatoms. The zero-order chi connectivity index (χ0) is 12.3. The Hall–Kier alpha value is -2.02. The van der Waals surface area contributed by atoms with Gasteiger partial charge in [-0.2, -0.15) is 0 Å². The lowest BCUT2D eigenvalue weighted by Crippen LogP contribution is -2.11. The highest BCUT2D eigenvalue weighted by Crippen LogP contribution is 2.07. The molecular weight excluding hydrogens is 236 g/mol. The molecule has 6 nitrogen and oxygen atoms in total. The van der Waals surface area contributed by atoms with Crippen molar-refractivity contribution in [3.63, 3.8) is 0 Å². The van der Waals surface area contributed by atoms with Crippen LogP contribution in [0.1, 0.15) is 11.4 Å². The molecule has 3 N–H and O–H groups in total. The van der Waals surface area contributed by atoms with Gasteiger partial charge in [-0.1, -0.05) is 12.2 Å². The standard InChI is InChI=1S/C10H12N6S/c1-16-6-14-15-9(16)5-13-8-4-7(10(11)17)2-3-12-8/h2-4,6H,5H2,1H3,(H2,11,17)(H,12,13). The van der Waals surface area contributed by atoms with Crippen molar-refractivity contribution in [2.75, 3.05) is 5.32 Å². The molecular formula is C10H12N6S. The summed E-state index contributed by atoms with van der Waals surface area (Å²) < 4.78 is 1.84. The monoisotopic (exact) mass is 248 g/mol. The van der Waals surface area contributed by atoms with Gasteiger partial charge in [0.25, 0.3) is 0 Å². The topological polar surface area (TPSA) is 81.7 Å². The molecule has 0 aliphatic heterocycles. The molecule has 0 saturated heterocycles. The fraction of sp³-hybridized carbons (Fsp3) is 0.200. The first kappa shape index (κ1) is 11.5. The maximum atomic E-state index is 5.55. The smallest absolute Gasteiger partial charge is 0.151 e. The molecule has 0 fully saturated rings. The highest BCUT2D eigenvalue weighted by molar-refractivity contribution is 7.80. The van der Waals surface area contributed by atoms with Gasteiger partial charge in [-0.25, -0.2) is 4.98 Å². The summed E-state index contributed by atoms with van der Waals surface area (Å²) in [7, 11) is 1.88. The summed E-state index contributed by atoms with van der Waals surface area (Å²) in [6.07, 6.45) is 3.31. The van der Waals surface area contributed by atoms with E-state index < -0.39 is 0 Å². The summed E-state index contributed by atoms with van der Waals surface area (Å²) >= 11 is 4.90. The van der Waals surface area contributed by atoms with Crippen molar-refractivity contribution in [1.82, 2.24) is 19.7 Å². The third kappa shape index (κ3) is 2.76. The highest BCUT2D eigenvalue weighted by atomic mass is 32.1. The lowest BCUT2D eigenvalue weighted by atomic mass is 10.2. The maximum Gasteiger partial charge on any atom is 0.151 e. The highest BCUT2D eigenvalue weighted by Gasteiger charge is 2.02. The van der Waals surface area contributed by atoms with Crippen LogP contribution in [0, 0.1) is 0 Å². The number of nitrogens with zero attached hydrogens (tertiary/aromatic N) is 4. The maximum absolute atomic E-state index is 5.55. The number of rotatable bonds is 4. The second-order valence-corrected chi connectivity index (χ2v) is 3.95. The largest absolute Gasteiger partial charge is 0.389 e. The molecule has 0 bridgehead atoms. The van der Waals surface area contributed by atoms with Crippen LogP contribution in [0.25, 0.3) is 0 Å². The van der Waals surface area contributed by atoms with E-state index in [0.29, 0.717) is 17.4 Å². The molecule has 0 aromatic carbocycles. The molecule has 0 aliphatic rings. The predicted molar refractivity (Wildman–Crippen MR) is 68.5 cm³/mol. The summed E-state index contributed by atoms with van der Waals surface area (Å²) in [4.78, 5) is 4.52. The number of thiocarbonyl (C=S) groups is 1. The van der Waals surface area contributed by atoms with Crippen molar-refractivity contribution in [2.24, 2.45) is 12.8 Å². The van der Waals surface area contributed by atoms with Crippen LogP contribution in [-0.2, 0) is 13.6 Å². The van der Waals surface area contributed by atoms with Crippen LogP contribution in [0.4, 0.5) is 5.82 Å². The average Bonchev–Trinajstić information content (AvgIpc) is 2.72. The van der Waals surface area contributed by atoms with Crippen LogP contribution >= 0.6 is 12.2 Å². The lowest BCUT2D eigenvalue weighted by Gasteiger charge is -2.06. The third-order valence-corrected chi connectivity index (χ3v) is 2.51. The molecule has 0 spiro atoms. The number of aromatic nitrogens is 4. The van der Waals surface area contributed by atoms with Gasteiger partial charge in [0, 0.05) is 18.8 Å². The summed E-state index contributed by atoms with van der Waals surface area (Å²) in [6.45, 7) is 0.546. The minimum absolute atomic E-state index is 0.356. The summed E-state index contributed by atoms with van der Waals surface area (Å²) in [6, 6.07) is 3.58. The number of hydrogen-bond donors (Lipinski definition) is 2. The molecule has 0 radical (unpaired) electrons. The van der Waals surface area contributed by atoms with E-state index in [9.17, 15) is 0 Å². The van der Waals surface area contributed by atoms with Gasteiger partial charge in [-0.3, -0.25) is 0 Å². The first-order valence-corrected chi connectivity index (χ1v) is 5.40. The average molecular weight is 248 g/mol. The predicted octanol–water partition coefficient (Wildman–Crippen LogP) is 0.456. The fourth-order valence-corrected chi connectivity index (χ4v) is 1.44. The van der Waals surface area contributed by atoms with E-state index in [4.69, 9.17) is 18.0 Å². The van der Waals surface area contributed by atoms with Gasteiger partial charge in [-0.15, -0.1) is 10.2 Å². The molecule has 0 saturated carbocycles. The molecule has 0 amide bonds.